The molecule has 0 spiro atoms. The van der Waals surface area contributed by atoms with Gasteiger partial charge in [-0.2, -0.15) is 0 Å². The fourth-order valence-electron chi connectivity index (χ4n) is 6.80. The van der Waals surface area contributed by atoms with E-state index in [4.69, 9.17) is 0 Å². The van der Waals surface area contributed by atoms with Crippen molar-refractivity contribution < 1.29 is 29.3 Å². The Morgan fingerprint density at radius 2 is 2.00 bits per heavy atom. The smallest absolute Gasteiger partial charge is 0.190 e. The molecule has 148 valence electrons. The molecule has 0 radical (unpaired) electrons. The lowest BCUT2D eigenvalue weighted by atomic mass is 9.44. The summed E-state index contributed by atoms with van der Waals surface area (Å²) in [5.41, 5.74) is -5.07. The van der Waals surface area contributed by atoms with E-state index in [0.717, 1.165) is 0 Å². The van der Waals surface area contributed by atoms with E-state index in [1.54, 1.807) is 19.9 Å². The van der Waals surface area contributed by atoms with Crippen LogP contribution in [0.2, 0.25) is 0 Å². The number of alkyl halides is 1. The molecule has 0 saturated heterocycles. The van der Waals surface area contributed by atoms with Gasteiger partial charge in [0.1, 0.15) is 12.2 Å². The second-order valence-corrected chi connectivity index (χ2v) is 9.24. The monoisotopic (exact) mass is 378 g/mol. The Hall–Kier alpha value is -1.37. The van der Waals surface area contributed by atoms with E-state index < -0.39 is 46.5 Å². The molecule has 4 aliphatic rings. The standard InChI is InChI=1S/C21H27FO5/c1-18-7-5-13(24)9-12(18)3-4-15-14-6-8-20(27,17(26)11-23)19(14,2)10-16(25)21(15,18)22/h5,7,9,14-16,23,25,27H,3-4,6,8,10-11H2,1-2H3/t14?,15?,16?,18?,19?,20-,21-/m0/s1. The van der Waals surface area contributed by atoms with Crippen LogP contribution in [0.1, 0.15) is 46.0 Å². The predicted molar refractivity (Wildman–Crippen MR) is 95.4 cm³/mol. The molecule has 0 aliphatic heterocycles. The molecule has 5 unspecified atom stereocenters. The van der Waals surface area contributed by atoms with Gasteiger partial charge >= 0.3 is 0 Å². The topological polar surface area (TPSA) is 94.8 Å². The van der Waals surface area contributed by atoms with Crippen molar-refractivity contribution in [2.75, 3.05) is 6.61 Å². The zero-order valence-electron chi connectivity index (χ0n) is 15.7. The van der Waals surface area contributed by atoms with Gasteiger partial charge in [0, 0.05) is 16.7 Å². The van der Waals surface area contributed by atoms with E-state index in [1.165, 1.54) is 12.2 Å². The summed E-state index contributed by atoms with van der Waals surface area (Å²) in [6.07, 6.45) is 4.65. The first kappa shape index (κ1) is 19.0. The van der Waals surface area contributed by atoms with Gasteiger partial charge in [-0.15, -0.1) is 0 Å². The quantitative estimate of drug-likeness (QED) is 0.679. The van der Waals surface area contributed by atoms with Crippen LogP contribution in [0.15, 0.2) is 23.8 Å². The number of carbonyl (C=O) groups excluding carboxylic acids is 2. The number of carbonyl (C=O) groups is 2. The number of hydrogen-bond acceptors (Lipinski definition) is 5. The van der Waals surface area contributed by atoms with Gasteiger partial charge < -0.3 is 15.3 Å². The summed E-state index contributed by atoms with van der Waals surface area (Å²) in [7, 11) is 0. The molecule has 27 heavy (non-hydrogen) atoms. The number of fused-ring (bicyclic) bond motifs is 5. The van der Waals surface area contributed by atoms with Crippen molar-refractivity contribution in [3.8, 4) is 0 Å². The average molecular weight is 378 g/mol. The predicted octanol–water partition coefficient (Wildman–Crippen LogP) is 1.65. The average Bonchev–Trinajstić information content (AvgIpc) is 2.88. The van der Waals surface area contributed by atoms with Crippen molar-refractivity contribution in [3.63, 3.8) is 0 Å². The van der Waals surface area contributed by atoms with E-state index >= 15 is 4.39 Å². The highest BCUT2D eigenvalue weighted by molar-refractivity contribution is 6.01. The van der Waals surface area contributed by atoms with Gasteiger partial charge in [-0.25, -0.2) is 4.39 Å². The van der Waals surface area contributed by atoms with Gasteiger partial charge in [-0.1, -0.05) is 18.6 Å². The molecule has 0 amide bonds. The molecule has 0 heterocycles. The van der Waals surface area contributed by atoms with Gasteiger partial charge in [-0.3, -0.25) is 9.59 Å². The van der Waals surface area contributed by atoms with Gasteiger partial charge in [0.05, 0.1) is 6.10 Å². The van der Waals surface area contributed by atoms with E-state index in [9.17, 15) is 24.9 Å². The van der Waals surface area contributed by atoms with E-state index in [-0.39, 0.29) is 24.5 Å². The number of aliphatic hydroxyl groups excluding tert-OH is 2. The minimum atomic E-state index is -1.97. The highest BCUT2D eigenvalue weighted by Crippen LogP contribution is 2.69. The van der Waals surface area contributed by atoms with Crippen molar-refractivity contribution in [2.45, 2.75) is 63.3 Å². The van der Waals surface area contributed by atoms with Crippen LogP contribution in [0.5, 0.6) is 0 Å². The molecule has 0 aromatic heterocycles. The van der Waals surface area contributed by atoms with Gasteiger partial charge in [-0.05, 0) is 57.1 Å². The third-order valence-electron chi connectivity index (χ3n) is 8.40. The van der Waals surface area contributed by atoms with Crippen molar-refractivity contribution in [3.05, 3.63) is 23.8 Å². The zero-order chi connectivity index (χ0) is 19.8. The van der Waals surface area contributed by atoms with Crippen molar-refractivity contribution >= 4 is 11.6 Å². The highest BCUT2D eigenvalue weighted by atomic mass is 19.1. The fraction of sp³-hybridized carbons (Fsp3) is 0.714. The lowest BCUT2D eigenvalue weighted by molar-refractivity contribution is -0.217. The number of halogens is 1. The third-order valence-corrected chi connectivity index (χ3v) is 8.40. The van der Waals surface area contributed by atoms with Crippen molar-refractivity contribution in [1.82, 2.24) is 0 Å². The minimum absolute atomic E-state index is 0.0580. The van der Waals surface area contributed by atoms with Crippen LogP contribution in [-0.4, -0.2) is 50.9 Å². The minimum Gasteiger partial charge on any atom is -0.390 e. The number of rotatable bonds is 2. The molecule has 0 aromatic carbocycles. The Balaban J connectivity index is 1.81. The summed E-state index contributed by atoms with van der Waals surface area (Å²) >= 11 is 0. The Labute approximate surface area is 158 Å². The fourth-order valence-corrected chi connectivity index (χ4v) is 6.80. The van der Waals surface area contributed by atoms with Gasteiger partial charge in [0.25, 0.3) is 0 Å². The first-order chi connectivity index (χ1) is 12.5. The van der Waals surface area contributed by atoms with Crippen LogP contribution >= 0.6 is 0 Å². The molecule has 4 aliphatic carbocycles. The Morgan fingerprint density at radius 1 is 1.30 bits per heavy atom. The second-order valence-electron chi connectivity index (χ2n) is 9.24. The number of Topliss-reactive ketones (excluding diaryl/α,β-unsaturated/α-hetero) is 1. The van der Waals surface area contributed by atoms with Crippen LogP contribution in [0.4, 0.5) is 4.39 Å². The molecule has 0 aromatic rings. The van der Waals surface area contributed by atoms with Crippen molar-refractivity contribution in [1.29, 1.82) is 0 Å². The van der Waals surface area contributed by atoms with E-state index in [0.29, 0.717) is 24.8 Å². The Bertz CT molecular complexity index is 775. The highest BCUT2D eigenvalue weighted by Gasteiger charge is 2.73. The summed E-state index contributed by atoms with van der Waals surface area (Å²) in [4.78, 5) is 24.1. The van der Waals surface area contributed by atoms with E-state index in [2.05, 4.69) is 0 Å². The molecule has 3 fully saturated rings. The van der Waals surface area contributed by atoms with Gasteiger partial charge in [0.15, 0.2) is 17.2 Å². The zero-order valence-corrected chi connectivity index (χ0v) is 15.7. The summed E-state index contributed by atoms with van der Waals surface area (Å²) in [6, 6.07) is 0. The molecular formula is C21H27FO5. The van der Waals surface area contributed by atoms with Crippen LogP contribution in [0, 0.1) is 22.7 Å². The first-order valence-corrected chi connectivity index (χ1v) is 9.72. The number of ketones is 2. The largest absolute Gasteiger partial charge is 0.390 e. The molecule has 5 nitrogen and oxygen atoms in total. The maximum atomic E-state index is 16.7. The molecule has 4 rings (SSSR count). The molecule has 3 N–H and O–H groups in total. The van der Waals surface area contributed by atoms with Crippen LogP contribution in [0.3, 0.4) is 0 Å². The number of aliphatic hydroxyl groups is 3. The molecule has 3 saturated carbocycles. The molecule has 0 bridgehead atoms. The van der Waals surface area contributed by atoms with Crippen LogP contribution in [0.25, 0.3) is 0 Å². The summed E-state index contributed by atoms with van der Waals surface area (Å²) in [5, 5.41) is 31.5. The Morgan fingerprint density at radius 3 is 2.67 bits per heavy atom. The summed E-state index contributed by atoms with van der Waals surface area (Å²) in [6.45, 7) is 2.71. The second kappa shape index (κ2) is 5.58. The Kier molecular flexibility index (Phi) is 3.92. The summed E-state index contributed by atoms with van der Waals surface area (Å²) < 4.78 is 16.7. The number of hydrogen-bond donors (Lipinski definition) is 3. The molecular weight excluding hydrogens is 351 g/mol. The van der Waals surface area contributed by atoms with Crippen LogP contribution < -0.4 is 0 Å². The third kappa shape index (κ3) is 2.04. The summed E-state index contributed by atoms with van der Waals surface area (Å²) in [5.74, 6) is -1.64. The lowest BCUT2D eigenvalue weighted by Gasteiger charge is -2.62. The maximum absolute atomic E-state index is 16.7. The lowest BCUT2D eigenvalue weighted by Crippen LogP contribution is -2.69. The molecule has 7 atom stereocenters. The van der Waals surface area contributed by atoms with E-state index in [1.807, 2.05) is 0 Å². The molecule has 6 heteroatoms. The maximum Gasteiger partial charge on any atom is 0.190 e. The normalized spacial score (nSPS) is 51.3. The van der Waals surface area contributed by atoms with Gasteiger partial charge in [0.2, 0.25) is 0 Å². The number of allylic oxidation sites excluding steroid dienone is 4. The SMILES string of the molecule is CC12C=CC(=O)C=C1CCC1C3CC[C@](O)(C(=O)CO)C3(C)CC(O)[C@@]12F. The van der Waals surface area contributed by atoms with Crippen LogP contribution in [-0.2, 0) is 9.59 Å². The van der Waals surface area contributed by atoms with Crippen molar-refractivity contribution in [2.24, 2.45) is 22.7 Å². The first-order valence-electron chi connectivity index (χ1n) is 9.72.